The largest absolute Gasteiger partial charge is 0.418 e. The molecule has 0 aliphatic heterocycles. The predicted molar refractivity (Wildman–Crippen MR) is 79.4 cm³/mol. The fraction of sp³-hybridized carbons (Fsp3) is 0.625. The fourth-order valence-corrected chi connectivity index (χ4v) is 2.45. The number of anilines is 1. The molecule has 1 aromatic carbocycles. The van der Waals surface area contributed by atoms with E-state index in [9.17, 15) is 13.2 Å². The lowest BCUT2D eigenvalue weighted by Gasteiger charge is -2.25. The van der Waals surface area contributed by atoms with Crippen LogP contribution >= 0.6 is 0 Å². The lowest BCUT2D eigenvalue weighted by molar-refractivity contribution is -0.137. The summed E-state index contributed by atoms with van der Waals surface area (Å²) in [6.07, 6.45) is -2.07. The number of rotatable bonds is 6. The zero-order valence-corrected chi connectivity index (χ0v) is 12.8. The lowest BCUT2D eigenvalue weighted by Crippen LogP contribution is -2.26. The van der Waals surface area contributed by atoms with Crippen molar-refractivity contribution in [3.05, 3.63) is 29.3 Å². The van der Waals surface area contributed by atoms with E-state index in [1.165, 1.54) is 6.07 Å². The summed E-state index contributed by atoms with van der Waals surface area (Å²) < 4.78 is 39.9. The molecule has 0 aromatic heterocycles. The van der Waals surface area contributed by atoms with Crippen molar-refractivity contribution >= 4 is 5.69 Å². The van der Waals surface area contributed by atoms with Gasteiger partial charge in [-0.1, -0.05) is 19.9 Å². The molecule has 1 aliphatic rings. The first-order chi connectivity index (χ1) is 9.77. The maximum Gasteiger partial charge on any atom is 0.418 e. The summed E-state index contributed by atoms with van der Waals surface area (Å²) in [5, 5.41) is 3.25. The third-order valence-corrected chi connectivity index (χ3v) is 3.59. The number of nitrogens with one attached hydrogen (secondary N) is 1. The van der Waals surface area contributed by atoms with E-state index in [2.05, 4.69) is 5.32 Å². The van der Waals surface area contributed by atoms with E-state index in [0.717, 1.165) is 12.8 Å². The van der Waals surface area contributed by atoms with Crippen LogP contribution in [-0.2, 0) is 12.7 Å². The first kappa shape index (κ1) is 16.1. The second-order valence-electron chi connectivity index (χ2n) is 6.28. The zero-order chi connectivity index (χ0) is 15.6. The molecule has 1 aliphatic carbocycles. The molecule has 0 spiro atoms. The van der Waals surface area contributed by atoms with Crippen LogP contribution in [0.5, 0.6) is 0 Å². The third kappa shape index (κ3) is 4.63. The lowest BCUT2D eigenvalue weighted by atomic mass is 10.1. The molecule has 21 heavy (non-hydrogen) atoms. The summed E-state index contributed by atoms with van der Waals surface area (Å²) in [6.45, 7) is 5.10. The number of nitrogens with zero attached hydrogens (tertiary/aromatic N) is 1. The molecule has 0 bridgehead atoms. The quantitative estimate of drug-likeness (QED) is 0.852. The van der Waals surface area contributed by atoms with Gasteiger partial charge >= 0.3 is 6.18 Å². The van der Waals surface area contributed by atoms with Gasteiger partial charge in [0.2, 0.25) is 0 Å². The van der Waals surface area contributed by atoms with Gasteiger partial charge < -0.3 is 10.2 Å². The molecule has 1 aromatic rings. The monoisotopic (exact) mass is 300 g/mol. The summed E-state index contributed by atoms with van der Waals surface area (Å²) in [4.78, 5) is 1.69. The Labute approximate surface area is 124 Å². The van der Waals surface area contributed by atoms with E-state index in [0.29, 0.717) is 30.6 Å². The summed E-state index contributed by atoms with van der Waals surface area (Å²) in [6, 6.07) is 5.15. The van der Waals surface area contributed by atoms with Gasteiger partial charge in [-0.3, -0.25) is 0 Å². The molecule has 5 heteroatoms. The Balaban J connectivity index is 2.21. The number of hydrogen-bond donors (Lipinski definition) is 1. The van der Waals surface area contributed by atoms with Crippen LogP contribution in [0.25, 0.3) is 0 Å². The van der Waals surface area contributed by atoms with Gasteiger partial charge in [-0.2, -0.15) is 13.2 Å². The SMILES string of the molecule is CC(C)CN(C)c1ccc(CNC2CC2)cc1C(F)(F)F. The molecular weight excluding hydrogens is 277 g/mol. The second kappa shape index (κ2) is 6.26. The minimum atomic E-state index is -4.32. The molecule has 2 nitrogen and oxygen atoms in total. The summed E-state index contributed by atoms with van der Waals surface area (Å²) >= 11 is 0. The van der Waals surface area contributed by atoms with E-state index in [4.69, 9.17) is 0 Å². The van der Waals surface area contributed by atoms with Crippen molar-refractivity contribution in [2.24, 2.45) is 5.92 Å². The van der Waals surface area contributed by atoms with E-state index >= 15 is 0 Å². The highest BCUT2D eigenvalue weighted by molar-refractivity contribution is 5.56. The number of halogens is 3. The van der Waals surface area contributed by atoms with Crippen LogP contribution in [0.4, 0.5) is 18.9 Å². The number of hydrogen-bond acceptors (Lipinski definition) is 2. The van der Waals surface area contributed by atoms with Gasteiger partial charge in [0.05, 0.1) is 5.56 Å². The van der Waals surface area contributed by atoms with Crippen LogP contribution < -0.4 is 10.2 Å². The van der Waals surface area contributed by atoms with Crippen molar-refractivity contribution in [3.8, 4) is 0 Å². The molecule has 1 saturated carbocycles. The van der Waals surface area contributed by atoms with Crippen molar-refractivity contribution < 1.29 is 13.2 Å². The molecule has 118 valence electrons. The normalized spacial score (nSPS) is 15.6. The summed E-state index contributed by atoms with van der Waals surface area (Å²) in [5.74, 6) is 0.312. The number of alkyl halides is 3. The van der Waals surface area contributed by atoms with Crippen molar-refractivity contribution in [2.45, 2.75) is 45.5 Å². The Morgan fingerprint density at radius 1 is 1.29 bits per heavy atom. The predicted octanol–water partition coefficient (Wildman–Crippen LogP) is 4.05. The Morgan fingerprint density at radius 3 is 2.48 bits per heavy atom. The van der Waals surface area contributed by atoms with Gasteiger partial charge in [-0.05, 0) is 36.5 Å². The van der Waals surface area contributed by atoms with Crippen LogP contribution in [0.15, 0.2) is 18.2 Å². The minimum absolute atomic E-state index is 0.256. The molecule has 0 heterocycles. The average Bonchev–Trinajstić information content (AvgIpc) is 3.18. The minimum Gasteiger partial charge on any atom is -0.374 e. The van der Waals surface area contributed by atoms with Crippen molar-refractivity contribution in [1.82, 2.24) is 5.32 Å². The van der Waals surface area contributed by atoms with Gasteiger partial charge in [0.1, 0.15) is 0 Å². The fourth-order valence-electron chi connectivity index (χ4n) is 2.45. The van der Waals surface area contributed by atoms with E-state index < -0.39 is 11.7 Å². The Bertz CT molecular complexity index is 479. The molecule has 0 atom stereocenters. The Morgan fingerprint density at radius 2 is 1.95 bits per heavy atom. The average molecular weight is 300 g/mol. The van der Waals surface area contributed by atoms with Gasteiger partial charge in [-0.15, -0.1) is 0 Å². The molecule has 0 radical (unpaired) electrons. The zero-order valence-electron chi connectivity index (χ0n) is 12.8. The van der Waals surface area contributed by atoms with Crippen LogP contribution in [0.1, 0.15) is 37.8 Å². The Kier molecular flexibility index (Phi) is 4.81. The topological polar surface area (TPSA) is 15.3 Å². The van der Waals surface area contributed by atoms with Crippen LogP contribution in [0.2, 0.25) is 0 Å². The van der Waals surface area contributed by atoms with Gasteiger partial charge in [-0.25, -0.2) is 0 Å². The van der Waals surface area contributed by atoms with Gasteiger partial charge in [0, 0.05) is 31.9 Å². The van der Waals surface area contributed by atoms with Crippen molar-refractivity contribution in [2.75, 3.05) is 18.5 Å². The van der Waals surface area contributed by atoms with Crippen molar-refractivity contribution in [3.63, 3.8) is 0 Å². The molecule has 2 rings (SSSR count). The molecule has 0 amide bonds. The maximum atomic E-state index is 13.3. The second-order valence-corrected chi connectivity index (χ2v) is 6.28. The van der Waals surface area contributed by atoms with Gasteiger partial charge in [0.25, 0.3) is 0 Å². The van der Waals surface area contributed by atoms with Crippen LogP contribution in [0.3, 0.4) is 0 Å². The van der Waals surface area contributed by atoms with E-state index in [1.54, 1.807) is 24.1 Å². The van der Waals surface area contributed by atoms with Crippen LogP contribution in [0, 0.1) is 5.92 Å². The highest BCUT2D eigenvalue weighted by atomic mass is 19.4. The van der Waals surface area contributed by atoms with Crippen LogP contribution in [-0.4, -0.2) is 19.6 Å². The smallest absolute Gasteiger partial charge is 0.374 e. The summed E-state index contributed by atoms with van der Waals surface area (Å²) in [5.41, 5.74) is 0.406. The highest BCUT2D eigenvalue weighted by Gasteiger charge is 2.34. The molecular formula is C16H23F3N2. The summed E-state index contributed by atoms with van der Waals surface area (Å²) in [7, 11) is 1.71. The first-order valence-electron chi connectivity index (χ1n) is 7.42. The molecule has 0 unspecified atom stereocenters. The maximum absolute atomic E-state index is 13.3. The Hall–Kier alpha value is -1.23. The first-order valence-corrected chi connectivity index (χ1v) is 7.42. The third-order valence-electron chi connectivity index (χ3n) is 3.59. The van der Waals surface area contributed by atoms with E-state index in [1.807, 2.05) is 13.8 Å². The molecule has 0 saturated heterocycles. The van der Waals surface area contributed by atoms with Crippen molar-refractivity contribution in [1.29, 1.82) is 0 Å². The molecule has 1 N–H and O–H groups in total. The number of benzene rings is 1. The molecule has 1 fully saturated rings. The standard InChI is InChI=1S/C16H23F3N2/c1-11(2)10-21(3)15-7-4-12(9-20-13-5-6-13)8-14(15)16(17,18)19/h4,7-8,11,13,20H,5-6,9-10H2,1-3H3. The van der Waals surface area contributed by atoms with E-state index in [-0.39, 0.29) is 5.69 Å². The highest BCUT2D eigenvalue weighted by Crippen LogP contribution is 2.37. The van der Waals surface area contributed by atoms with Gasteiger partial charge in [0.15, 0.2) is 0 Å².